The third-order valence-corrected chi connectivity index (χ3v) is 3.46. The lowest BCUT2D eigenvalue weighted by Crippen LogP contribution is -2.29. The van der Waals surface area contributed by atoms with Crippen molar-refractivity contribution in [1.29, 1.82) is 0 Å². The molecule has 0 spiro atoms. The van der Waals surface area contributed by atoms with E-state index >= 15 is 0 Å². The van der Waals surface area contributed by atoms with Crippen molar-refractivity contribution in [3.63, 3.8) is 0 Å². The van der Waals surface area contributed by atoms with Crippen LogP contribution < -0.4 is 4.90 Å². The summed E-state index contributed by atoms with van der Waals surface area (Å²) in [5.41, 5.74) is 1.54. The zero-order chi connectivity index (χ0) is 15.4. The Hall–Kier alpha value is -1.91. The number of aromatic hydroxyl groups is 1. The summed E-state index contributed by atoms with van der Waals surface area (Å²) in [6.45, 7) is 0.202. The van der Waals surface area contributed by atoms with E-state index in [9.17, 15) is 9.90 Å². The number of carboxylic acid groups (broad SMARTS) is 1. The van der Waals surface area contributed by atoms with E-state index < -0.39 is 5.97 Å². The fourth-order valence-corrected chi connectivity index (χ4v) is 2.25. The van der Waals surface area contributed by atoms with Crippen LogP contribution in [0.3, 0.4) is 0 Å². The molecule has 0 radical (unpaired) electrons. The predicted octanol–water partition coefficient (Wildman–Crippen LogP) is 3.79. The number of aliphatic carboxylic acids is 1. The smallest absolute Gasteiger partial charge is 0.323 e. The van der Waals surface area contributed by atoms with Crippen LogP contribution in [-0.2, 0) is 11.3 Å². The minimum atomic E-state index is -0.935. The van der Waals surface area contributed by atoms with Gasteiger partial charge in [-0.15, -0.1) is 0 Å². The molecular formula is C15H13Cl2NO3. The monoisotopic (exact) mass is 325 g/mol. The summed E-state index contributed by atoms with van der Waals surface area (Å²) in [6, 6.07) is 11.7. The lowest BCUT2D eigenvalue weighted by Gasteiger charge is -2.23. The Labute approximate surface area is 132 Å². The van der Waals surface area contributed by atoms with Crippen molar-refractivity contribution >= 4 is 34.9 Å². The van der Waals surface area contributed by atoms with Gasteiger partial charge in [0.05, 0.1) is 5.02 Å². The number of nitrogens with zero attached hydrogens (tertiary/aromatic N) is 1. The number of phenols is 1. The number of benzene rings is 2. The molecule has 4 nitrogen and oxygen atoms in total. The Morgan fingerprint density at radius 1 is 1.10 bits per heavy atom. The molecule has 6 heteroatoms. The molecule has 0 aliphatic rings. The van der Waals surface area contributed by atoms with Gasteiger partial charge in [-0.05, 0) is 42.0 Å². The molecule has 0 aliphatic heterocycles. The number of carboxylic acids is 1. The van der Waals surface area contributed by atoms with Crippen molar-refractivity contribution < 1.29 is 15.0 Å². The lowest BCUT2D eigenvalue weighted by atomic mass is 10.2. The van der Waals surface area contributed by atoms with E-state index in [2.05, 4.69) is 0 Å². The minimum absolute atomic E-state index is 0.00306. The molecule has 21 heavy (non-hydrogen) atoms. The summed E-state index contributed by atoms with van der Waals surface area (Å²) in [7, 11) is 0. The van der Waals surface area contributed by atoms with E-state index in [0.717, 1.165) is 11.3 Å². The molecule has 2 aromatic carbocycles. The van der Waals surface area contributed by atoms with Gasteiger partial charge in [-0.3, -0.25) is 4.79 Å². The van der Waals surface area contributed by atoms with E-state index in [0.29, 0.717) is 11.6 Å². The van der Waals surface area contributed by atoms with Gasteiger partial charge in [0.15, 0.2) is 0 Å². The lowest BCUT2D eigenvalue weighted by molar-refractivity contribution is -0.135. The molecule has 0 aromatic heterocycles. The summed E-state index contributed by atoms with van der Waals surface area (Å²) in [6.07, 6.45) is 0. The molecule has 0 heterocycles. The fourth-order valence-electron chi connectivity index (χ4n) is 1.92. The molecule has 0 saturated heterocycles. The van der Waals surface area contributed by atoms with Gasteiger partial charge < -0.3 is 15.1 Å². The maximum absolute atomic E-state index is 11.0. The molecule has 0 saturated carbocycles. The van der Waals surface area contributed by atoms with Crippen LogP contribution in [0.15, 0.2) is 42.5 Å². The van der Waals surface area contributed by atoms with Gasteiger partial charge in [-0.25, -0.2) is 0 Å². The predicted molar refractivity (Wildman–Crippen MR) is 83.3 cm³/mol. The zero-order valence-electron chi connectivity index (χ0n) is 11.0. The standard InChI is InChI=1S/C15H13Cl2NO3/c16-11-2-4-12(5-3-11)18(9-15(20)21)8-10-1-6-14(19)13(17)7-10/h1-7,19H,8-9H2,(H,20,21). The second-order valence-electron chi connectivity index (χ2n) is 4.51. The molecule has 2 aromatic rings. The number of phenolic OH excluding ortho intramolecular Hbond substituents is 1. The first kappa shape index (κ1) is 15.5. The molecule has 2 rings (SSSR count). The summed E-state index contributed by atoms with van der Waals surface area (Å²) in [4.78, 5) is 12.7. The first-order valence-corrected chi connectivity index (χ1v) is 6.91. The number of anilines is 1. The highest BCUT2D eigenvalue weighted by molar-refractivity contribution is 6.32. The van der Waals surface area contributed by atoms with Crippen molar-refractivity contribution in [3.05, 3.63) is 58.1 Å². The van der Waals surface area contributed by atoms with Crippen LogP contribution in [0, 0.1) is 0 Å². The molecule has 0 bridgehead atoms. The SMILES string of the molecule is O=C(O)CN(Cc1ccc(O)c(Cl)c1)c1ccc(Cl)cc1. The topological polar surface area (TPSA) is 60.8 Å². The van der Waals surface area contributed by atoms with Gasteiger partial charge in [0.2, 0.25) is 0 Å². The average molecular weight is 326 g/mol. The van der Waals surface area contributed by atoms with Crippen molar-refractivity contribution in [1.82, 2.24) is 0 Å². The van der Waals surface area contributed by atoms with Crippen LogP contribution in [0.1, 0.15) is 5.56 Å². The van der Waals surface area contributed by atoms with Crippen LogP contribution in [0.2, 0.25) is 10.0 Å². The molecule has 0 amide bonds. The van der Waals surface area contributed by atoms with Crippen LogP contribution >= 0.6 is 23.2 Å². The Kier molecular flexibility index (Phi) is 4.94. The number of rotatable bonds is 5. The van der Waals surface area contributed by atoms with Gasteiger partial charge in [-0.1, -0.05) is 29.3 Å². The first-order valence-electron chi connectivity index (χ1n) is 6.15. The molecule has 0 fully saturated rings. The third kappa shape index (κ3) is 4.28. The number of halogens is 2. The largest absolute Gasteiger partial charge is 0.506 e. The van der Waals surface area contributed by atoms with E-state index in [4.69, 9.17) is 28.3 Å². The second-order valence-corrected chi connectivity index (χ2v) is 5.36. The van der Waals surface area contributed by atoms with Crippen LogP contribution in [0.25, 0.3) is 0 Å². The first-order chi connectivity index (χ1) is 9.95. The molecule has 2 N–H and O–H groups in total. The van der Waals surface area contributed by atoms with Crippen LogP contribution in [-0.4, -0.2) is 22.7 Å². The Balaban J connectivity index is 2.25. The quantitative estimate of drug-likeness (QED) is 0.878. The highest BCUT2D eigenvalue weighted by Gasteiger charge is 2.12. The van der Waals surface area contributed by atoms with E-state index in [1.165, 1.54) is 6.07 Å². The molecule has 110 valence electrons. The summed E-state index contributed by atoms with van der Waals surface area (Å²) in [5.74, 6) is -0.938. The number of hydrogen-bond acceptors (Lipinski definition) is 3. The molecule has 0 aliphatic carbocycles. The third-order valence-electron chi connectivity index (χ3n) is 2.90. The highest BCUT2D eigenvalue weighted by Crippen LogP contribution is 2.26. The van der Waals surface area contributed by atoms with Crippen molar-refractivity contribution in [2.45, 2.75) is 6.54 Å². The van der Waals surface area contributed by atoms with E-state index in [1.807, 2.05) is 0 Å². The Morgan fingerprint density at radius 3 is 2.33 bits per heavy atom. The summed E-state index contributed by atoms with van der Waals surface area (Å²) in [5, 5.41) is 19.3. The minimum Gasteiger partial charge on any atom is -0.506 e. The number of carbonyl (C=O) groups is 1. The van der Waals surface area contributed by atoms with Crippen molar-refractivity contribution in [3.8, 4) is 5.75 Å². The Morgan fingerprint density at radius 2 is 1.76 bits per heavy atom. The van der Waals surface area contributed by atoms with Crippen molar-refractivity contribution in [2.24, 2.45) is 0 Å². The highest BCUT2D eigenvalue weighted by atomic mass is 35.5. The maximum atomic E-state index is 11.0. The summed E-state index contributed by atoms with van der Waals surface area (Å²) < 4.78 is 0. The van der Waals surface area contributed by atoms with Gasteiger partial charge >= 0.3 is 5.97 Å². The molecule has 0 unspecified atom stereocenters. The van der Waals surface area contributed by atoms with Gasteiger partial charge in [0.1, 0.15) is 12.3 Å². The van der Waals surface area contributed by atoms with Crippen LogP contribution in [0.4, 0.5) is 5.69 Å². The van der Waals surface area contributed by atoms with Crippen LogP contribution in [0.5, 0.6) is 5.75 Å². The van der Waals surface area contributed by atoms with E-state index in [1.54, 1.807) is 41.3 Å². The van der Waals surface area contributed by atoms with Gasteiger partial charge in [0.25, 0.3) is 0 Å². The second kappa shape index (κ2) is 6.70. The average Bonchev–Trinajstić information content (AvgIpc) is 2.42. The van der Waals surface area contributed by atoms with E-state index in [-0.39, 0.29) is 17.3 Å². The fraction of sp³-hybridized carbons (Fsp3) is 0.133. The van der Waals surface area contributed by atoms with Crippen molar-refractivity contribution in [2.75, 3.05) is 11.4 Å². The van der Waals surface area contributed by atoms with Gasteiger partial charge in [-0.2, -0.15) is 0 Å². The molecular weight excluding hydrogens is 313 g/mol. The Bertz CT molecular complexity index is 644. The summed E-state index contributed by atoms with van der Waals surface area (Å²) >= 11 is 11.7. The molecule has 0 atom stereocenters. The maximum Gasteiger partial charge on any atom is 0.323 e. The normalized spacial score (nSPS) is 10.4. The van der Waals surface area contributed by atoms with Gasteiger partial charge in [0, 0.05) is 17.3 Å². The number of hydrogen-bond donors (Lipinski definition) is 2. The zero-order valence-corrected chi connectivity index (χ0v) is 12.5.